The number of ether oxygens (including phenoxy) is 1. The first-order valence-corrected chi connectivity index (χ1v) is 9.58. The minimum Gasteiger partial charge on any atom is -0.502 e. The molecule has 158 valence electrons. The van der Waals surface area contributed by atoms with E-state index in [4.69, 9.17) is 16.3 Å². The lowest BCUT2D eigenvalue weighted by Gasteiger charge is -2.41. The Labute approximate surface area is 175 Å². The molecule has 30 heavy (non-hydrogen) atoms. The Kier molecular flexibility index (Phi) is 5.35. The molecule has 0 saturated carbocycles. The van der Waals surface area contributed by atoms with Crippen molar-refractivity contribution in [2.45, 2.75) is 6.54 Å². The maximum atomic E-state index is 14.0. The molecule has 0 radical (unpaired) electrons. The maximum absolute atomic E-state index is 14.0. The van der Waals surface area contributed by atoms with Crippen LogP contribution in [0.1, 0.15) is 26.4 Å². The predicted molar refractivity (Wildman–Crippen MR) is 105 cm³/mol. The van der Waals surface area contributed by atoms with E-state index in [1.807, 2.05) is 0 Å². The number of amides is 2. The van der Waals surface area contributed by atoms with Gasteiger partial charge in [-0.15, -0.1) is 0 Å². The number of fused-ring (bicyclic) bond motifs is 4. The van der Waals surface area contributed by atoms with E-state index in [9.17, 15) is 23.9 Å². The fourth-order valence-corrected chi connectivity index (χ4v) is 3.60. The van der Waals surface area contributed by atoms with Crippen molar-refractivity contribution in [3.63, 3.8) is 0 Å². The van der Waals surface area contributed by atoms with Gasteiger partial charge in [-0.1, -0.05) is 23.7 Å². The Balaban J connectivity index is 1.66. The number of carbonyl (C=O) groups is 2. The van der Waals surface area contributed by atoms with Gasteiger partial charge >= 0.3 is 0 Å². The average Bonchev–Trinajstić information content (AvgIpc) is 2.70. The molecule has 1 aromatic carbocycles. The highest BCUT2D eigenvalue weighted by Gasteiger charge is 2.34. The highest BCUT2D eigenvalue weighted by Crippen LogP contribution is 2.22. The monoisotopic (exact) mass is 436 g/mol. The molecule has 4 rings (SSSR count). The van der Waals surface area contributed by atoms with Crippen LogP contribution >= 0.6 is 11.6 Å². The molecule has 1 aromatic heterocycles. The van der Waals surface area contributed by atoms with Gasteiger partial charge in [0.2, 0.25) is 5.43 Å². The van der Waals surface area contributed by atoms with Gasteiger partial charge in [0.25, 0.3) is 11.8 Å². The molecule has 0 aliphatic carbocycles. The molecular formula is C19H18ClFN4O5. The maximum Gasteiger partial charge on any atom is 0.277 e. The van der Waals surface area contributed by atoms with Crippen LogP contribution in [-0.2, 0) is 11.3 Å². The molecule has 2 bridgehead atoms. The van der Waals surface area contributed by atoms with Crippen LogP contribution in [0, 0.1) is 5.82 Å². The number of halogens is 2. The first-order chi connectivity index (χ1) is 14.4. The highest BCUT2D eigenvalue weighted by atomic mass is 35.5. The van der Waals surface area contributed by atoms with Crippen LogP contribution in [0.5, 0.6) is 5.75 Å². The van der Waals surface area contributed by atoms with E-state index in [2.05, 4.69) is 5.32 Å². The summed E-state index contributed by atoms with van der Waals surface area (Å²) in [5.41, 5.74) is -1.41. The van der Waals surface area contributed by atoms with Crippen LogP contribution in [0.2, 0.25) is 5.02 Å². The molecule has 2 amide bonds. The Hall–Kier alpha value is -3.11. The van der Waals surface area contributed by atoms with Crippen LogP contribution in [0.15, 0.2) is 29.2 Å². The quantitative estimate of drug-likeness (QED) is 0.732. The summed E-state index contributed by atoms with van der Waals surface area (Å²) in [5.74, 6) is -2.82. The van der Waals surface area contributed by atoms with Gasteiger partial charge in [-0.2, -0.15) is 0 Å². The van der Waals surface area contributed by atoms with Crippen LogP contribution in [0.4, 0.5) is 4.39 Å². The summed E-state index contributed by atoms with van der Waals surface area (Å²) in [6, 6.07) is 4.36. The third-order valence-corrected chi connectivity index (χ3v) is 5.30. The van der Waals surface area contributed by atoms with Gasteiger partial charge in [0.15, 0.2) is 11.4 Å². The number of aromatic nitrogens is 1. The topological polar surface area (TPSA) is 104 Å². The van der Waals surface area contributed by atoms with E-state index in [1.165, 1.54) is 34.0 Å². The summed E-state index contributed by atoms with van der Waals surface area (Å²) in [7, 11) is 0. The van der Waals surface area contributed by atoms with Crippen molar-refractivity contribution in [3.05, 3.63) is 62.3 Å². The third-order valence-electron chi connectivity index (χ3n) is 5.01. The SMILES string of the molecule is O=C(NCc1cccc(Cl)c1F)c1cn2c(c(O)c1=O)C(=O)N1CCOCCN2C1. The van der Waals surface area contributed by atoms with Crippen LogP contribution in [0.3, 0.4) is 0 Å². The molecule has 0 unspecified atom stereocenters. The van der Waals surface area contributed by atoms with Gasteiger partial charge in [-0.3, -0.25) is 24.1 Å². The first-order valence-electron chi connectivity index (χ1n) is 9.20. The number of pyridine rings is 1. The zero-order valence-corrected chi connectivity index (χ0v) is 16.5. The molecule has 1 saturated heterocycles. The molecule has 1 fully saturated rings. The average molecular weight is 437 g/mol. The van der Waals surface area contributed by atoms with E-state index in [0.29, 0.717) is 26.3 Å². The summed E-state index contributed by atoms with van der Waals surface area (Å²) >= 11 is 5.73. The summed E-state index contributed by atoms with van der Waals surface area (Å²) in [4.78, 5) is 39.4. The molecule has 0 atom stereocenters. The Morgan fingerprint density at radius 2 is 2.03 bits per heavy atom. The Morgan fingerprint density at radius 1 is 1.27 bits per heavy atom. The molecule has 2 aliphatic rings. The largest absolute Gasteiger partial charge is 0.502 e. The summed E-state index contributed by atoms with van der Waals surface area (Å²) < 4.78 is 20.7. The molecular weight excluding hydrogens is 419 g/mol. The van der Waals surface area contributed by atoms with Crippen molar-refractivity contribution in [1.82, 2.24) is 14.9 Å². The van der Waals surface area contributed by atoms with Crippen molar-refractivity contribution in [2.24, 2.45) is 0 Å². The van der Waals surface area contributed by atoms with E-state index < -0.39 is 28.8 Å². The summed E-state index contributed by atoms with van der Waals surface area (Å²) in [6.45, 7) is 1.45. The molecule has 3 heterocycles. The van der Waals surface area contributed by atoms with Crippen molar-refractivity contribution >= 4 is 23.4 Å². The fourth-order valence-electron chi connectivity index (χ4n) is 3.41. The van der Waals surface area contributed by atoms with E-state index >= 15 is 0 Å². The zero-order chi connectivity index (χ0) is 21.4. The number of nitrogens with one attached hydrogen (secondary N) is 1. The molecule has 2 aliphatic heterocycles. The van der Waals surface area contributed by atoms with Gasteiger partial charge in [-0.25, -0.2) is 4.39 Å². The molecule has 11 heteroatoms. The Bertz CT molecular complexity index is 1090. The van der Waals surface area contributed by atoms with E-state index in [1.54, 1.807) is 5.01 Å². The smallest absolute Gasteiger partial charge is 0.277 e. The molecule has 9 nitrogen and oxygen atoms in total. The number of benzene rings is 1. The second-order valence-electron chi connectivity index (χ2n) is 6.86. The molecule has 0 spiro atoms. The number of hydrogen-bond donors (Lipinski definition) is 2. The van der Waals surface area contributed by atoms with Gasteiger partial charge in [0.05, 0.1) is 24.8 Å². The van der Waals surface area contributed by atoms with Crippen molar-refractivity contribution in [1.29, 1.82) is 0 Å². The van der Waals surface area contributed by atoms with Crippen LogP contribution < -0.4 is 15.8 Å². The minimum atomic E-state index is -0.978. The van der Waals surface area contributed by atoms with Crippen molar-refractivity contribution in [2.75, 3.05) is 38.0 Å². The zero-order valence-electron chi connectivity index (χ0n) is 15.7. The lowest BCUT2D eigenvalue weighted by Crippen LogP contribution is -2.57. The van der Waals surface area contributed by atoms with Gasteiger partial charge in [0, 0.05) is 24.8 Å². The van der Waals surface area contributed by atoms with Crippen molar-refractivity contribution in [3.8, 4) is 5.75 Å². The lowest BCUT2D eigenvalue weighted by atomic mass is 10.1. The number of hydrogen-bond acceptors (Lipinski definition) is 6. The number of carbonyl (C=O) groups excluding carboxylic acids is 2. The van der Waals surface area contributed by atoms with Crippen molar-refractivity contribution < 1.29 is 23.8 Å². The van der Waals surface area contributed by atoms with Gasteiger partial charge in [0.1, 0.15) is 18.0 Å². The second-order valence-corrected chi connectivity index (χ2v) is 7.27. The van der Waals surface area contributed by atoms with Crippen LogP contribution in [-0.4, -0.2) is 59.5 Å². The standard InChI is InChI=1S/C19H18ClFN4O5/c20-13-3-1-2-11(14(13)21)8-22-18(28)12-9-25-15(17(27)16(12)26)19(29)23-4-6-30-7-5-24(25)10-23/h1-3,9,27H,4-8,10H2,(H,22,28). The van der Waals surface area contributed by atoms with E-state index in [0.717, 1.165) is 0 Å². The summed E-state index contributed by atoms with van der Waals surface area (Å²) in [5, 5.41) is 14.5. The Morgan fingerprint density at radius 3 is 2.83 bits per heavy atom. The predicted octanol–water partition coefficient (Wildman–Crippen LogP) is 0.658. The first kappa shape index (κ1) is 20.2. The van der Waals surface area contributed by atoms with Crippen LogP contribution in [0.25, 0.3) is 0 Å². The number of aromatic hydroxyl groups is 1. The number of rotatable bonds is 3. The normalized spacial score (nSPS) is 16.0. The third kappa shape index (κ3) is 3.48. The van der Waals surface area contributed by atoms with Gasteiger partial charge in [-0.05, 0) is 6.07 Å². The lowest BCUT2D eigenvalue weighted by molar-refractivity contribution is 0.0473. The minimum absolute atomic E-state index is 0.0874. The molecule has 2 aromatic rings. The fraction of sp³-hybridized carbons (Fsp3) is 0.316. The number of nitrogens with zero attached hydrogens (tertiary/aromatic N) is 3. The summed E-state index contributed by atoms with van der Waals surface area (Å²) in [6.07, 6.45) is 1.21. The molecule has 2 N–H and O–H groups in total. The highest BCUT2D eigenvalue weighted by molar-refractivity contribution is 6.30. The second kappa shape index (κ2) is 7.96. The van der Waals surface area contributed by atoms with Gasteiger partial charge < -0.3 is 20.1 Å². The van der Waals surface area contributed by atoms with E-state index in [-0.39, 0.29) is 35.1 Å².